The highest BCUT2D eigenvalue weighted by Gasteiger charge is 2.06. The maximum absolute atomic E-state index is 10.7. The predicted molar refractivity (Wildman–Crippen MR) is 72.3 cm³/mol. The summed E-state index contributed by atoms with van der Waals surface area (Å²) in [6.45, 7) is 3.33. The van der Waals surface area contributed by atoms with Crippen LogP contribution in [0.25, 0.3) is 0 Å². The average molecular weight is 276 g/mol. The Balaban J connectivity index is 1.90. The molecule has 0 saturated heterocycles. The molecule has 20 heavy (non-hydrogen) atoms. The second kappa shape index (κ2) is 6.60. The summed E-state index contributed by atoms with van der Waals surface area (Å²) in [4.78, 5) is 10.7. The van der Waals surface area contributed by atoms with E-state index in [1.807, 2.05) is 31.2 Å². The molecule has 0 spiro atoms. The SMILES string of the molecule is CCOc1ccccc1OCCn1cc(C(=O)O)cn1. The normalized spacial score (nSPS) is 10.2. The van der Waals surface area contributed by atoms with Crippen LogP contribution in [0.2, 0.25) is 0 Å². The predicted octanol–water partition coefficient (Wildman–Crippen LogP) is 2.06. The molecule has 0 bridgehead atoms. The van der Waals surface area contributed by atoms with Gasteiger partial charge in [0.25, 0.3) is 0 Å². The second-order valence-electron chi connectivity index (χ2n) is 4.03. The molecule has 0 aliphatic carbocycles. The summed E-state index contributed by atoms with van der Waals surface area (Å²) in [7, 11) is 0. The van der Waals surface area contributed by atoms with Gasteiger partial charge in [-0.05, 0) is 19.1 Å². The van der Waals surface area contributed by atoms with Gasteiger partial charge in [-0.2, -0.15) is 5.10 Å². The summed E-state index contributed by atoms with van der Waals surface area (Å²) in [6, 6.07) is 7.42. The van der Waals surface area contributed by atoms with Crippen molar-refractivity contribution in [1.82, 2.24) is 9.78 Å². The van der Waals surface area contributed by atoms with E-state index in [9.17, 15) is 4.79 Å². The van der Waals surface area contributed by atoms with E-state index >= 15 is 0 Å². The summed E-state index contributed by atoms with van der Waals surface area (Å²) < 4.78 is 12.6. The lowest BCUT2D eigenvalue weighted by molar-refractivity contribution is 0.0696. The monoisotopic (exact) mass is 276 g/mol. The third kappa shape index (κ3) is 3.50. The highest BCUT2D eigenvalue weighted by molar-refractivity contribution is 5.86. The van der Waals surface area contributed by atoms with E-state index in [0.29, 0.717) is 31.3 Å². The Kier molecular flexibility index (Phi) is 4.60. The summed E-state index contributed by atoms with van der Waals surface area (Å²) in [5, 5.41) is 12.7. The van der Waals surface area contributed by atoms with Crippen LogP contribution < -0.4 is 9.47 Å². The molecular weight excluding hydrogens is 260 g/mol. The Bertz CT molecular complexity index is 580. The smallest absolute Gasteiger partial charge is 0.338 e. The van der Waals surface area contributed by atoms with Gasteiger partial charge in [0.2, 0.25) is 0 Å². The Labute approximate surface area is 116 Å². The molecule has 0 aliphatic heterocycles. The molecule has 1 N–H and O–H groups in total. The van der Waals surface area contributed by atoms with Gasteiger partial charge in [0.05, 0.1) is 24.9 Å². The zero-order valence-corrected chi connectivity index (χ0v) is 11.2. The van der Waals surface area contributed by atoms with Gasteiger partial charge in [0, 0.05) is 6.20 Å². The van der Waals surface area contributed by atoms with Crippen LogP contribution in [0.5, 0.6) is 11.5 Å². The van der Waals surface area contributed by atoms with Crippen molar-refractivity contribution in [2.24, 2.45) is 0 Å². The number of rotatable bonds is 7. The van der Waals surface area contributed by atoms with E-state index in [1.54, 1.807) is 0 Å². The Morgan fingerprint density at radius 3 is 2.60 bits per heavy atom. The molecule has 0 aliphatic rings. The largest absolute Gasteiger partial charge is 0.490 e. The molecule has 106 valence electrons. The first-order chi connectivity index (χ1) is 9.70. The summed E-state index contributed by atoms with van der Waals surface area (Å²) in [5.74, 6) is 0.375. The number of nitrogens with zero attached hydrogens (tertiary/aromatic N) is 2. The molecule has 0 atom stereocenters. The first-order valence-corrected chi connectivity index (χ1v) is 6.31. The highest BCUT2D eigenvalue weighted by Crippen LogP contribution is 2.26. The first-order valence-electron chi connectivity index (χ1n) is 6.31. The Morgan fingerprint density at radius 2 is 2.00 bits per heavy atom. The van der Waals surface area contributed by atoms with Crippen molar-refractivity contribution in [2.45, 2.75) is 13.5 Å². The zero-order chi connectivity index (χ0) is 14.4. The van der Waals surface area contributed by atoms with Gasteiger partial charge in [-0.1, -0.05) is 12.1 Å². The van der Waals surface area contributed by atoms with Crippen LogP contribution in [-0.4, -0.2) is 34.1 Å². The van der Waals surface area contributed by atoms with Crippen LogP contribution in [-0.2, 0) is 6.54 Å². The lowest BCUT2D eigenvalue weighted by Crippen LogP contribution is -2.09. The molecule has 2 rings (SSSR count). The van der Waals surface area contributed by atoms with Crippen molar-refractivity contribution in [3.8, 4) is 11.5 Å². The molecule has 1 heterocycles. The van der Waals surface area contributed by atoms with E-state index in [-0.39, 0.29) is 5.56 Å². The Hall–Kier alpha value is -2.50. The quantitative estimate of drug-likeness (QED) is 0.838. The number of ether oxygens (including phenoxy) is 2. The molecule has 0 radical (unpaired) electrons. The van der Waals surface area contributed by atoms with Gasteiger partial charge in [-0.3, -0.25) is 4.68 Å². The van der Waals surface area contributed by atoms with Crippen LogP contribution in [0, 0.1) is 0 Å². The lowest BCUT2D eigenvalue weighted by atomic mass is 10.3. The van der Waals surface area contributed by atoms with Crippen LogP contribution in [0.15, 0.2) is 36.7 Å². The van der Waals surface area contributed by atoms with Crippen molar-refractivity contribution in [3.05, 3.63) is 42.2 Å². The van der Waals surface area contributed by atoms with Gasteiger partial charge in [-0.25, -0.2) is 4.79 Å². The molecule has 0 fully saturated rings. The molecule has 6 nitrogen and oxygen atoms in total. The average Bonchev–Trinajstić information content (AvgIpc) is 2.90. The fourth-order valence-corrected chi connectivity index (χ4v) is 1.69. The minimum Gasteiger partial charge on any atom is -0.490 e. The van der Waals surface area contributed by atoms with Gasteiger partial charge < -0.3 is 14.6 Å². The molecule has 0 saturated carbocycles. The van der Waals surface area contributed by atoms with Crippen molar-refractivity contribution in [3.63, 3.8) is 0 Å². The van der Waals surface area contributed by atoms with Crippen molar-refractivity contribution in [1.29, 1.82) is 0 Å². The number of hydrogen-bond acceptors (Lipinski definition) is 4. The maximum Gasteiger partial charge on any atom is 0.338 e. The molecule has 1 aromatic heterocycles. The molecule has 0 amide bonds. The van der Waals surface area contributed by atoms with Crippen LogP contribution in [0.3, 0.4) is 0 Å². The van der Waals surface area contributed by atoms with Crippen molar-refractivity contribution >= 4 is 5.97 Å². The molecule has 0 unspecified atom stereocenters. The van der Waals surface area contributed by atoms with E-state index in [2.05, 4.69) is 5.10 Å². The van der Waals surface area contributed by atoms with Gasteiger partial charge in [0.15, 0.2) is 11.5 Å². The fraction of sp³-hybridized carbons (Fsp3) is 0.286. The fourth-order valence-electron chi connectivity index (χ4n) is 1.69. The number of benzene rings is 1. The minimum absolute atomic E-state index is 0.166. The lowest BCUT2D eigenvalue weighted by Gasteiger charge is -2.11. The third-order valence-corrected chi connectivity index (χ3v) is 2.61. The number of hydrogen-bond donors (Lipinski definition) is 1. The van der Waals surface area contributed by atoms with E-state index in [0.717, 1.165) is 0 Å². The number of carboxylic acids is 1. The first kappa shape index (κ1) is 13.9. The summed E-state index contributed by atoms with van der Waals surface area (Å²) >= 11 is 0. The zero-order valence-electron chi connectivity index (χ0n) is 11.2. The number of aromatic nitrogens is 2. The topological polar surface area (TPSA) is 73.6 Å². The highest BCUT2D eigenvalue weighted by atomic mass is 16.5. The van der Waals surface area contributed by atoms with Crippen molar-refractivity contribution < 1.29 is 19.4 Å². The van der Waals surface area contributed by atoms with Gasteiger partial charge in [0.1, 0.15) is 6.61 Å². The Morgan fingerprint density at radius 1 is 1.30 bits per heavy atom. The molecule has 6 heteroatoms. The third-order valence-electron chi connectivity index (χ3n) is 2.61. The summed E-state index contributed by atoms with van der Waals surface area (Å²) in [5.41, 5.74) is 0.166. The molecular formula is C14H16N2O4. The molecule has 2 aromatic rings. The number of carboxylic acid groups (broad SMARTS) is 1. The van der Waals surface area contributed by atoms with Crippen LogP contribution in [0.4, 0.5) is 0 Å². The van der Waals surface area contributed by atoms with Gasteiger partial charge >= 0.3 is 5.97 Å². The van der Waals surface area contributed by atoms with Crippen LogP contribution >= 0.6 is 0 Å². The number of carbonyl (C=O) groups is 1. The van der Waals surface area contributed by atoms with E-state index in [1.165, 1.54) is 17.1 Å². The van der Waals surface area contributed by atoms with E-state index < -0.39 is 5.97 Å². The standard InChI is InChI=1S/C14H16N2O4/c1-2-19-12-5-3-4-6-13(12)20-8-7-16-10-11(9-15-16)14(17)18/h3-6,9-10H,2,7-8H2,1H3,(H,17,18). The minimum atomic E-state index is -0.987. The summed E-state index contributed by atoms with van der Waals surface area (Å²) in [6.07, 6.45) is 2.79. The molecule has 1 aromatic carbocycles. The number of para-hydroxylation sites is 2. The van der Waals surface area contributed by atoms with Crippen molar-refractivity contribution in [2.75, 3.05) is 13.2 Å². The van der Waals surface area contributed by atoms with E-state index in [4.69, 9.17) is 14.6 Å². The maximum atomic E-state index is 10.7. The second-order valence-corrected chi connectivity index (χ2v) is 4.03. The number of aromatic carboxylic acids is 1. The van der Waals surface area contributed by atoms with Gasteiger partial charge in [-0.15, -0.1) is 0 Å². The van der Waals surface area contributed by atoms with Crippen LogP contribution in [0.1, 0.15) is 17.3 Å².